The van der Waals surface area contributed by atoms with Crippen LogP contribution in [0.25, 0.3) is 0 Å². The zero-order valence-corrected chi connectivity index (χ0v) is 13.5. The van der Waals surface area contributed by atoms with Gasteiger partial charge in [-0.2, -0.15) is 0 Å². The molecule has 1 rings (SSSR count). The van der Waals surface area contributed by atoms with E-state index >= 15 is 0 Å². The van der Waals surface area contributed by atoms with Gasteiger partial charge in [0.05, 0.1) is 7.11 Å². The number of amides is 2. The van der Waals surface area contributed by atoms with Crippen LogP contribution in [-0.4, -0.2) is 47.9 Å². The van der Waals surface area contributed by atoms with Crippen molar-refractivity contribution in [3.63, 3.8) is 0 Å². The highest BCUT2D eigenvalue weighted by atomic mass is 16.5. The van der Waals surface area contributed by atoms with Crippen LogP contribution < -0.4 is 5.32 Å². The summed E-state index contributed by atoms with van der Waals surface area (Å²) in [5.74, 6) is -1.40. The number of hydrogen-bond donors (Lipinski definition) is 1. The second kappa shape index (κ2) is 7.43. The van der Waals surface area contributed by atoms with Gasteiger partial charge in [-0.25, -0.2) is 4.79 Å². The number of carbonyl (C=O) groups is 3. The van der Waals surface area contributed by atoms with Crippen LogP contribution in [0.3, 0.4) is 0 Å². The highest BCUT2D eigenvalue weighted by Crippen LogP contribution is 2.33. The Kier molecular flexibility index (Phi) is 6.18. The molecule has 120 valence electrons. The fraction of sp³-hybridized carbons (Fsp3) is 0.800. The summed E-state index contributed by atoms with van der Waals surface area (Å²) in [4.78, 5) is 37.6. The number of ether oxygens (including phenoxy) is 1. The fourth-order valence-corrected chi connectivity index (χ4v) is 2.45. The van der Waals surface area contributed by atoms with Crippen LogP contribution in [-0.2, 0) is 19.1 Å². The standard InChI is InChI=1S/C15H26N2O4/c1-9(2)17(10(3)4)14(19)13(18)16-12(15(20)21-5)8-11-6-7-11/h9-12H,6-8H2,1-5H3,(H,16,18). The number of carbonyl (C=O) groups excluding carboxylic acids is 3. The summed E-state index contributed by atoms with van der Waals surface area (Å²) < 4.78 is 4.70. The van der Waals surface area contributed by atoms with Crippen LogP contribution in [0.15, 0.2) is 0 Å². The zero-order chi connectivity index (χ0) is 16.2. The number of rotatable bonds is 6. The minimum atomic E-state index is -0.742. The SMILES string of the molecule is COC(=O)C(CC1CC1)NC(=O)C(=O)N(C(C)C)C(C)C. The van der Waals surface area contributed by atoms with Crippen molar-refractivity contribution in [3.05, 3.63) is 0 Å². The van der Waals surface area contributed by atoms with Crippen molar-refractivity contribution in [1.29, 1.82) is 0 Å². The Morgan fingerprint density at radius 2 is 1.67 bits per heavy atom. The third-order valence-corrected chi connectivity index (χ3v) is 3.60. The second-order valence-electron chi connectivity index (χ2n) is 6.13. The van der Waals surface area contributed by atoms with E-state index in [1.165, 1.54) is 12.0 Å². The maximum Gasteiger partial charge on any atom is 0.328 e. The molecule has 0 radical (unpaired) electrons. The molecule has 0 aliphatic heterocycles. The molecule has 2 amide bonds. The van der Waals surface area contributed by atoms with Crippen molar-refractivity contribution in [2.24, 2.45) is 5.92 Å². The zero-order valence-electron chi connectivity index (χ0n) is 13.5. The van der Waals surface area contributed by atoms with Gasteiger partial charge in [0.2, 0.25) is 0 Å². The highest BCUT2D eigenvalue weighted by Gasteiger charge is 2.34. The third kappa shape index (κ3) is 5.02. The Labute approximate surface area is 126 Å². The summed E-state index contributed by atoms with van der Waals surface area (Å²) in [5.41, 5.74) is 0. The van der Waals surface area contributed by atoms with E-state index in [4.69, 9.17) is 4.74 Å². The molecule has 1 aliphatic rings. The van der Waals surface area contributed by atoms with Crippen LogP contribution in [0.4, 0.5) is 0 Å². The van der Waals surface area contributed by atoms with E-state index in [0.717, 1.165) is 12.8 Å². The molecular weight excluding hydrogens is 272 g/mol. The Morgan fingerprint density at radius 1 is 1.14 bits per heavy atom. The van der Waals surface area contributed by atoms with Crippen molar-refractivity contribution in [1.82, 2.24) is 10.2 Å². The molecule has 1 atom stereocenters. The van der Waals surface area contributed by atoms with Gasteiger partial charge in [0.15, 0.2) is 0 Å². The van der Waals surface area contributed by atoms with E-state index in [9.17, 15) is 14.4 Å². The molecule has 0 aromatic heterocycles. The average molecular weight is 298 g/mol. The molecule has 0 aromatic rings. The fourth-order valence-electron chi connectivity index (χ4n) is 2.45. The molecule has 0 spiro atoms. The Balaban J connectivity index is 2.70. The van der Waals surface area contributed by atoms with Gasteiger partial charge in [0.1, 0.15) is 6.04 Å². The van der Waals surface area contributed by atoms with Gasteiger partial charge in [-0.1, -0.05) is 12.8 Å². The molecule has 21 heavy (non-hydrogen) atoms. The molecule has 1 aliphatic carbocycles. The molecule has 0 saturated heterocycles. The number of methoxy groups -OCH3 is 1. The molecule has 0 aromatic carbocycles. The first kappa shape index (κ1) is 17.5. The number of nitrogens with zero attached hydrogens (tertiary/aromatic N) is 1. The number of esters is 1. The van der Waals surface area contributed by atoms with Crippen molar-refractivity contribution in [2.75, 3.05) is 7.11 Å². The van der Waals surface area contributed by atoms with Gasteiger partial charge in [-0.3, -0.25) is 9.59 Å². The maximum atomic E-state index is 12.2. The van der Waals surface area contributed by atoms with Gasteiger partial charge < -0.3 is 15.0 Å². The number of nitrogens with one attached hydrogen (secondary N) is 1. The molecular formula is C15H26N2O4. The van der Waals surface area contributed by atoms with Gasteiger partial charge >= 0.3 is 17.8 Å². The number of hydrogen-bond acceptors (Lipinski definition) is 4. The highest BCUT2D eigenvalue weighted by molar-refractivity contribution is 6.35. The largest absolute Gasteiger partial charge is 0.467 e. The van der Waals surface area contributed by atoms with E-state index < -0.39 is 23.8 Å². The van der Waals surface area contributed by atoms with Crippen LogP contribution >= 0.6 is 0 Å². The average Bonchev–Trinajstić information content (AvgIpc) is 3.19. The van der Waals surface area contributed by atoms with E-state index in [-0.39, 0.29) is 12.1 Å². The first-order chi connectivity index (χ1) is 9.77. The molecule has 6 heteroatoms. The summed E-state index contributed by atoms with van der Waals surface area (Å²) >= 11 is 0. The van der Waals surface area contributed by atoms with Crippen molar-refractivity contribution >= 4 is 17.8 Å². The quantitative estimate of drug-likeness (QED) is 0.588. The summed E-state index contributed by atoms with van der Waals surface area (Å²) in [6.07, 6.45) is 2.65. The van der Waals surface area contributed by atoms with Gasteiger partial charge in [-0.15, -0.1) is 0 Å². The van der Waals surface area contributed by atoms with Crippen molar-refractivity contribution in [3.8, 4) is 0 Å². The molecule has 1 fully saturated rings. The van der Waals surface area contributed by atoms with Crippen molar-refractivity contribution in [2.45, 2.75) is 65.1 Å². The monoisotopic (exact) mass is 298 g/mol. The van der Waals surface area contributed by atoms with E-state index in [1.54, 1.807) is 0 Å². The van der Waals surface area contributed by atoms with Gasteiger partial charge in [0, 0.05) is 12.1 Å². The lowest BCUT2D eigenvalue weighted by molar-refractivity contribution is -0.151. The van der Waals surface area contributed by atoms with E-state index in [0.29, 0.717) is 12.3 Å². The lowest BCUT2D eigenvalue weighted by Crippen LogP contribution is -2.53. The maximum absolute atomic E-state index is 12.2. The Bertz CT molecular complexity index is 394. The first-order valence-electron chi connectivity index (χ1n) is 7.48. The normalized spacial score (nSPS) is 15.8. The predicted molar refractivity (Wildman–Crippen MR) is 78.4 cm³/mol. The minimum Gasteiger partial charge on any atom is -0.467 e. The van der Waals surface area contributed by atoms with E-state index in [2.05, 4.69) is 5.32 Å². The first-order valence-corrected chi connectivity index (χ1v) is 7.48. The third-order valence-electron chi connectivity index (χ3n) is 3.60. The predicted octanol–water partition coefficient (Wildman–Crippen LogP) is 1.09. The lowest BCUT2D eigenvalue weighted by Gasteiger charge is -2.30. The topological polar surface area (TPSA) is 75.7 Å². The van der Waals surface area contributed by atoms with Crippen LogP contribution in [0.1, 0.15) is 47.0 Å². The summed E-state index contributed by atoms with van der Waals surface area (Å²) in [6, 6.07) is -0.897. The van der Waals surface area contributed by atoms with Crippen LogP contribution in [0.2, 0.25) is 0 Å². The molecule has 1 saturated carbocycles. The van der Waals surface area contributed by atoms with Crippen LogP contribution in [0, 0.1) is 5.92 Å². The Hall–Kier alpha value is -1.59. The second-order valence-corrected chi connectivity index (χ2v) is 6.13. The summed E-state index contributed by atoms with van der Waals surface area (Å²) in [6.45, 7) is 7.42. The molecule has 1 unspecified atom stereocenters. The lowest BCUT2D eigenvalue weighted by atomic mass is 10.1. The smallest absolute Gasteiger partial charge is 0.328 e. The molecule has 1 N–H and O–H groups in total. The summed E-state index contributed by atoms with van der Waals surface area (Å²) in [5, 5.41) is 2.52. The molecule has 0 bridgehead atoms. The Morgan fingerprint density at radius 3 is 2.05 bits per heavy atom. The van der Waals surface area contributed by atoms with Crippen LogP contribution in [0.5, 0.6) is 0 Å². The van der Waals surface area contributed by atoms with Gasteiger partial charge in [-0.05, 0) is 40.0 Å². The molecule has 0 heterocycles. The van der Waals surface area contributed by atoms with Gasteiger partial charge in [0.25, 0.3) is 0 Å². The van der Waals surface area contributed by atoms with Crippen molar-refractivity contribution < 1.29 is 19.1 Å². The van der Waals surface area contributed by atoms with E-state index in [1.807, 2.05) is 27.7 Å². The summed E-state index contributed by atoms with van der Waals surface area (Å²) in [7, 11) is 1.28. The molecule has 6 nitrogen and oxygen atoms in total. The minimum absolute atomic E-state index is 0.0803.